The molecule has 6 rings (SSSR count). The topological polar surface area (TPSA) is 17.0 Å². The molecule has 0 amide bonds. The van der Waals surface area contributed by atoms with Crippen molar-refractivity contribution in [3.05, 3.63) is 89.5 Å². The molecule has 4 aromatic carbocycles. The van der Waals surface area contributed by atoms with Crippen LogP contribution in [0.5, 0.6) is 0 Å². The Labute approximate surface area is 185 Å². The number of para-hydroxylation sites is 1. The first-order valence-electron chi connectivity index (χ1n) is 12.0. The fourth-order valence-electron chi connectivity index (χ4n) is 4.85. The molecule has 6 aromatic rings. The van der Waals surface area contributed by atoms with E-state index in [1.807, 2.05) is 44.3 Å². The van der Waals surface area contributed by atoms with Crippen molar-refractivity contribution in [2.45, 2.75) is 20.7 Å². The molecule has 2 nitrogen and oxygen atoms in total. The van der Waals surface area contributed by atoms with E-state index in [-0.39, 0.29) is 0 Å². The smallest absolute Gasteiger partial charge is 0.217 e. The van der Waals surface area contributed by atoms with Gasteiger partial charge in [-0.25, -0.2) is 0 Å². The van der Waals surface area contributed by atoms with Crippen LogP contribution in [0.25, 0.3) is 54.9 Å². The number of nitrogens with zero attached hydrogens (tertiary/aromatic N) is 1. The monoisotopic (exact) mass is 405 g/mol. The predicted molar refractivity (Wildman–Crippen MR) is 130 cm³/mol. The molecule has 0 aliphatic heterocycles. The van der Waals surface area contributed by atoms with Gasteiger partial charge in [0.25, 0.3) is 0 Å². The molecule has 0 bridgehead atoms. The van der Waals surface area contributed by atoms with Crippen molar-refractivity contribution in [2.24, 2.45) is 7.05 Å². The molecular formula is C29H24NO+. The predicted octanol–water partition coefficient (Wildman–Crippen LogP) is 7.31. The van der Waals surface area contributed by atoms with Crippen molar-refractivity contribution in [2.75, 3.05) is 0 Å². The Bertz CT molecular complexity index is 1780. The van der Waals surface area contributed by atoms with Gasteiger partial charge in [0.05, 0.1) is 5.56 Å². The van der Waals surface area contributed by atoms with Gasteiger partial charge in [0.1, 0.15) is 18.2 Å². The maximum Gasteiger partial charge on any atom is 0.217 e. The SMILES string of the molecule is [2H]C([2H])([2H])c1cc2c(oc3cc4ccccc4cc32)c(-c2cc(C)c3ccccc3[n+]2C)c1C. The third-order valence-electron chi connectivity index (χ3n) is 6.55. The molecular weight excluding hydrogens is 378 g/mol. The van der Waals surface area contributed by atoms with Crippen LogP contribution in [0.2, 0.25) is 0 Å². The van der Waals surface area contributed by atoms with Crippen molar-refractivity contribution in [3.63, 3.8) is 0 Å². The summed E-state index contributed by atoms with van der Waals surface area (Å²) in [5.74, 6) is 0. The standard InChI is InChI=1S/C29H24NO/c1-17-13-24-23-15-20-9-5-6-10-21(20)16-27(23)31-29(24)28(19(17)3)26-14-18(2)22-11-7-8-12-25(22)30(26)4/h5-16H,1-4H3/q+1/i1D3. The minimum atomic E-state index is -2.24. The van der Waals surface area contributed by atoms with E-state index in [9.17, 15) is 0 Å². The average molecular weight is 406 g/mol. The van der Waals surface area contributed by atoms with E-state index < -0.39 is 6.85 Å². The highest BCUT2D eigenvalue weighted by atomic mass is 16.3. The Morgan fingerprint density at radius 3 is 2.32 bits per heavy atom. The number of hydrogen-bond acceptors (Lipinski definition) is 1. The zero-order valence-corrected chi connectivity index (χ0v) is 17.8. The van der Waals surface area contributed by atoms with Crippen LogP contribution in [0.3, 0.4) is 0 Å². The molecule has 0 atom stereocenters. The molecule has 0 unspecified atom stereocenters. The number of pyridine rings is 1. The molecule has 150 valence electrons. The minimum absolute atomic E-state index is 0.358. The van der Waals surface area contributed by atoms with Crippen LogP contribution < -0.4 is 4.57 Å². The lowest BCUT2D eigenvalue weighted by molar-refractivity contribution is -0.633. The van der Waals surface area contributed by atoms with Crippen LogP contribution in [0.15, 0.2) is 77.2 Å². The fraction of sp³-hybridized carbons (Fsp3) is 0.138. The van der Waals surface area contributed by atoms with E-state index in [1.165, 1.54) is 5.39 Å². The van der Waals surface area contributed by atoms with Gasteiger partial charge in [-0.3, -0.25) is 0 Å². The van der Waals surface area contributed by atoms with E-state index in [2.05, 4.69) is 47.9 Å². The highest BCUT2D eigenvalue weighted by Crippen LogP contribution is 2.40. The van der Waals surface area contributed by atoms with E-state index in [0.29, 0.717) is 5.56 Å². The first-order chi connectivity index (χ1) is 16.2. The van der Waals surface area contributed by atoms with Crippen LogP contribution in [-0.2, 0) is 7.05 Å². The van der Waals surface area contributed by atoms with E-state index >= 15 is 0 Å². The summed E-state index contributed by atoms with van der Waals surface area (Å²) < 4.78 is 33.4. The first kappa shape index (κ1) is 15.2. The summed E-state index contributed by atoms with van der Waals surface area (Å²) in [6, 6.07) is 24.5. The molecule has 0 radical (unpaired) electrons. The highest BCUT2D eigenvalue weighted by Gasteiger charge is 2.24. The maximum atomic E-state index is 8.26. The summed E-state index contributed by atoms with van der Waals surface area (Å²) in [6.45, 7) is 1.75. The third-order valence-corrected chi connectivity index (χ3v) is 6.55. The van der Waals surface area contributed by atoms with Crippen molar-refractivity contribution in [3.8, 4) is 11.3 Å². The van der Waals surface area contributed by atoms with Gasteiger partial charge < -0.3 is 4.42 Å². The second-order valence-electron chi connectivity index (χ2n) is 8.39. The van der Waals surface area contributed by atoms with Crippen LogP contribution in [-0.4, -0.2) is 0 Å². The first-order valence-corrected chi connectivity index (χ1v) is 10.5. The van der Waals surface area contributed by atoms with Gasteiger partial charge in [-0.1, -0.05) is 36.4 Å². The number of rotatable bonds is 1. The molecule has 0 saturated heterocycles. The molecule has 2 heteroatoms. The van der Waals surface area contributed by atoms with Gasteiger partial charge >= 0.3 is 0 Å². The third kappa shape index (κ3) is 2.55. The van der Waals surface area contributed by atoms with Crippen molar-refractivity contribution < 1.29 is 13.1 Å². The number of furan rings is 1. The van der Waals surface area contributed by atoms with E-state index in [0.717, 1.165) is 60.6 Å². The normalized spacial score (nSPS) is 13.7. The lowest BCUT2D eigenvalue weighted by Crippen LogP contribution is -2.32. The number of benzene rings is 4. The largest absolute Gasteiger partial charge is 0.455 e. The lowest BCUT2D eigenvalue weighted by atomic mass is 9.94. The van der Waals surface area contributed by atoms with Crippen LogP contribution in [0, 0.1) is 20.7 Å². The second-order valence-corrected chi connectivity index (χ2v) is 8.39. The number of hydrogen-bond donors (Lipinski definition) is 0. The van der Waals surface area contributed by atoms with Crippen LogP contribution >= 0.6 is 0 Å². The Balaban J connectivity index is 1.81. The number of fused-ring (bicyclic) bond motifs is 5. The minimum Gasteiger partial charge on any atom is -0.455 e. The molecule has 0 spiro atoms. The van der Waals surface area contributed by atoms with Gasteiger partial charge in [0.15, 0.2) is 0 Å². The average Bonchev–Trinajstić information content (AvgIpc) is 3.16. The molecule has 2 aromatic heterocycles. The number of aromatic nitrogens is 1. The Morgan fingerprint density at radius 1 is 0.774 bits per heavy atom. The zero-order chi connectivity index (χ0) is 23.8. The van der Waals surface area contributed by atoms with Gasteiger partial charge in [-0.2, -0.15) is 4.57 Å². The molecule has 0 saturated carbocycles. The highest BCUT2D eigenvalue weighted by molar-refractivity contribution is 6.13. The Morgan fingerprint density at radius 2 is 1.52 bits per heavy atom. The van der Waals surface area contributed by atoms with Gasteiger partial charge in [0.2, 0.25) is 11.2 Å². The van der Waals surface area contributed by atoms with E-state index in [1.54, 1.807) is 6.07 Å². The Hall–Kier alpha value is -3.65. The molecule has 31 heavy (non-hydrogen) atoms. The van der Waals surface area contributed by atoms with E-state index in [4.69, 9.17) is 8.53 Å². The number of aryl methyl sites for hydroxylation is 3. The summed E-state index contributed by atoms with van der Waals surface area (Å²) in [5.41, 5.74) is 6.56. The van der Waals surface area contributed by atoms with Crippen LogP contribution in [0.4, 0.5) is 0 Å². The molecule has 0 N–H and O–H groups in total. The van der Waals surface area contributed by atoms with Crippen molar-refractivity contribution in [1.82, 2.24) is 0 Å². The van der Waals surface area contributed by atoms with Crippen LogP contribution in [0.1, 0.15) is 20.8 Å². The summed E-state index contributed by atoms with van der Waals surface area (Å²) in [4.78, 5) is 0. The van der Waals surface area contributed by atoms with Crippen molar-refractivity contribution >= 4 is 43.6 Å². The zero-order valence-electron chi connectivity index (χ0n) is 20.8. The van der Waals surface area contributed by atoms with Gasteiger partial charge in [-0.15, -0.1) is 0 Å². The molecule has 0 aliphatic rings. The lowest BCUT2D eigenvalue weighted by Gasteiger charge is -2.11. The van der Waals surface area contributed by atoms with Gasteiger partial charge in [-0.05, 0) is 72.4 Å². The summed E-state index contributed by atoms with van der Waals surface area (Å²) >= 11 is 0. The Kier molecular flexibility index (Phi) is 3.15. The maximum absolute atomic E-state index is 8.26. The second kappa shape index (κ2) is 6.42. The quantitative estimate of drug-likeness (QED) is 0.262. The molecule has 0 aliphatic carbocycles. The summed E-state index contributed by atoms with van der Waals surface area (Å²) in [7, 11) is 2.03. The van der Waals surface area contributed by atoms with Crippen molar-refractivity contribution in [1.29, 1.82) is 0 Å². The molecule has 2 heterocycles. The summed E-state index contributed by atoms with van der Waals surface area (Å²) in [5, 5.41) is 5.13. The van der Waals surface area contributed by atoms with Gasteiger partial charge in [0, 0.05) is 32.4 Å². The fourth-order valence-corrected chi connectivity index (χ4v) is 4.85. The molecule has 0 fully saturated rings. The summed E-state index contributed by atoms with van der Waals surface area (Å²) in [6.07, 6.45) is 0.